The van der Waals surface area contributed by atoms with Gasteiger partial charge in [-0.1, -0.05) is 0 Å². The van der Waals surface area contributed by atoms with E-state index in [4.69, 9.17) is 21.0 Å². The van der Waals surface area contributed by atoms with Crippen molar-refractivity contribution in [3.8, 4) is 24.3 Å². The lowest BCUT2D eigenvalue weighted by molar-refractivity contribution is 0.561. The Balaban J connectivity index is 3.79. The molecule has 0 aliphatic rings. The predicted octanol–water partition coefficient (Wildman–Crippen LogP) is 3.75. The average Bonchev–Trinajstić information content (AvgIpc) is 2.46. The van der Waals surface area contributed by atoms with E-state index in [-0.39, 0.29) is 0 Å². The Hall–Kier alpha value is -2.00. The molecular formula is C12H2Br2F2N4. The number of nitriles is 4. The lowest BCUT2D eigenvalue weighted by atomic mass is 9.95. The third-order valence-corrected chi connectivity index (χ3v) is 3.98. The average molecular weight is 400 g/mol. The van der Waals surface area contributed by atoms with Crippen molar-refractivity contribution in [2.45, 2.75) is 11.8 Å². The van der Waals surface area contributed by atoms with E-state index in [0.717, 1.165) is 0 Å². The van der Waals surface area contributed by atoms with Gasteiger partial charge in [-0.15, -0.1) is 0 Å². The topological polar surface area (TPSA) is 95.2 Å². The Labute approximate surface area is 129 Å². The molecule has 0 N–H and O–H groups in total. The third kappa shape index (κ3) is 2.49. The molecule has 1 aromatic carbocycles. The van der Waals surface area contributed by atoms with Crippen LogP contribution in [0.25, 0.3) is 0 Å². The highest BCUT2D eigenvalue weighted by Crippen LogP contribution is 2.40. The smallest absolute Gasteiger partial charge is 0.162 e. The summed E-state index contributed by atoms with van der Waals surface area (Å²) in [6.07, 6.45) is 0. The van der Waals surface area contributed by atoms with Gasteiger partial charge in [-0.25, -0.2) is 8.78 Å². The Morgan fingerprint density at radius 3 is 1.15 bits per heavy atom. The van der Waals surface area contributed by atoms with Crippen LogP contribution in [0.2, 0.25) is 0 Å². The minimum Gasteiger partial charge on any atom is -0.205 e. The Bertz CT molecular complexity index is 614. The fourth-order valence-corrected chi connectivity index (χ4v) is 2.72. The molecule has 8 heteroatoms. The maximum atomic E-state index is 14.2. The van der Waals surface area contributed by atoms with Gasteiger partial charge in [0.2, 0.25) is 0 Å². The van der Waals surface area contributed by atoms with Crippen molar-refractivity contribution in [1.82, 2.24) is 0 Å². The van der Waals surface area contributed by atoms with Crippen LogP contribution in [0, 0.1) is 57.0 Å². The Kier molecular flexibility index (Phi) is 5.17. The van der Waals surface area contributed by atoms with Gasteiger partial charge in [0.05, 0.1) is 33.2 Å². The van der Waals surface area contributed by atoms with Crippen molar-refractivity contribution in [1.29, 1.82) is 21.0 Å². The lowest BCUT2D eigenvalue weighted by Crippen LogP contribution is -2.08. The molecule has 4 nitrogen and oxygen atoms in total. The zero-order valence-corrected chi connectivity index (χ0v) is 12.6. The SMILES string of the molecule is N#CC(C#N)c1c(F)c(Br)c(C(C#N)C#N)c(F)c1Br. The largest absolute Gasteiger partial charge is 0.205 e. The van der Waals surface area contributed by atoms with Crippen molar-refractivity contribution in [2.75, 3.05) is 0 Å². The van der Waals surface area contributed by atoms with E-state index in [9.17, 15) is 8.78 Å². The van der Waals surface area contributed by atoms with Crippen molar-refractivity contribution in [3.05, 3.63) is 31.7 Å². The van der Waals surface area contributed by atoms with E-state index in [0.29, 0.717) is 0 Å². The van der Waals surface area contributed by atoms with Crippen LogP contribution >= 0.6 is 31.9 Å². The van der Waals surface area contributed by atoms with Crippen LogP contribution in [0.3, 0.4) is 0 Å². The van der Waals surface area contributed by atoms with E-state index in [2.05, 4.69) is 31.9 Å². The first-order chi connectivity index (χ1) is 9.44. The normalized spacial score (nSPS) is 9.70. The molecule has 0 atom stereocenters. The van der Waals surface area contributed by atoms with Crippen LogP contribution in [0.5, 0.6) is 0 Å². The Morgan fingerprint density at radius 2 is 0.950 bits per heavy atom. The highest BCUT2D eigenvalue weighted by molar-refractivity contribution is 9.11. The minimum atomic E-state index is -1.52. The van der Waals surface area contributed by atoms with E-state index >= 15 is 0 Å². The van der Waals surface area contributed by atoms with Gasteiger partial charge in [-0.3, -0.25) is 0 Å². The zero-order valence-electron chi connectivity index (χ0n) is 9.46. The van der Waals surface area contributed by atoms with Gasteiger partial charge < -0.3 is 0 Å². The molecule has 0 unspecified atom stereocenters. The molecule has 0 saturated carbocycles. The number of nitrogens with zero attached hydrogens (tertiary/aromatic N) is 4. The summed E-state index contributed by atoms with van der Waals surface area (Å²) in [4.78, 5) is 0. The van der Waals surface area contributed by atoms with Gasteiger partial charge >= 0.3 is 0 Å². The van der Waals surface area contributed by atoms with Gasteiger partial charge in [-0.2, -0.15) is 21.0 Å². The maximum absolute atomic E-state index is 14.2. The van der Waals surface area contributed by atoms with Crippen LogP contribution in [0.4, 0.5) is 8.78 Å². The van der Waals surface area contributed by atoms with Crippen molar-refractivity contribution in [3.63, 3.8) is 0 Å². The Morgan fingerprint density at radius 1 is 0.700 bits per heavy atom. The highest BCUT2D eigenvalue weighted by atomic mass is 79.9. The number of benzene rings is 1. The maximum Gasteiger partial charge on any atom is 0.162 e. The lowest BCUT2D eigenvalue weighted by Gasteiger charge is -2.14. The van der Waals surface area contributed by atoms with Gasteiger partial charge in [0, 0.05) is 11.1 Å². The molecule has 0 fully saturated rings. The summed E-state index contributed by atoms with van der Waals surface area (Å²) >= 11 is 5.54. The van der Waals surface area contributed by atoms with Crippen molar-refractivity contribution in [2.24, 2.45) is 0 Å². The molecule has 0 bridgehead atoms. The number of halogens is 4. The standard InChI is InChI=1S/C12H2Br2F2N4/c13-9-7(5(1-17)2-18)11(15)10(14)8(12(9)16)6(3-19)4-20/h5-6H. The molecule has 1 rings (SSSR count). The molecule has 0 aliphatic heterocycles. The number of rotatable bonds is 2. The second-order valence-corrected chi connectivity index (χ2v) is 5.05. The molecule has 0 spiro atoms. The molecule has 0 aliphatic carbocycles. The molecule has 0 saturated heterocycles. The van der Waals surface area contributed by atoms with E-state index in [1.807, 2.05) is 0 Å². The summed E-state index contributed by atoms with van der Waals surface area (Å²) in [5, 5.41) is 35.1. The molecule has 0 heterocycles. The summed E-state index contributed by atoms with van der Waals surface area (Å²) in [5.74, 6) is -5.16. The zero-order chi connectivity index (χ0) is 15.4. The van der Waals surface area contributed by atoms with E-state index < -0.39 is 43.5 Å². The fraction of sp³-hybridized carbons (Fsp3) is 0.167. The summed E-state index contributed by atoms with van der Waals surface area (Å²) in [6, 6.07) is 6.13. The van der Waals surface area contributed by atoms with Gasteiger partial charge in [0.1, 0.15) is 11.6 Å². The van der Waals surface area contributed by atoms with E-state index in [1.165, 1.54) is 24.3 Å². The molecule has 0 radical (unpaired) electrons. The first-order valence-electron chi connectivity index (χ1n) is 4.88. The summed E-state index contributed by atoms with van der Waals surface area (Å²) in [7, 11) is 0. The summed E-state index contributed by atoms with van der Waals surface area (Å²) < 4.78 is 27.5. The van der Waals surface area contributed by atoms with E-state index in [1.54, 1.807) is 0 Å². The van der Waals surface area contributed by atoms with Gasteiger partial charge in [0.25, 0.3) is 0 Å². The van der Waals surface area contributed by atoms with Crippen LogP contribution in [0.1, 0.15) is 23.0 Å². The molecule has 0 aromatic heterocycles. The molecule has 1 aromatic rings. The summed E-state index contributed by atoms with van der Waals surface area (Å²) in [6.45, 7) is 0. The van der Waals surface area contributed by atoms with Crippen molar-refractivity contribution < 1.29 is 8.78 Å². The van der Waals surface area contributed by atoms with Gasteiger partial charge in [-0.05, 0) is 31.9 Å². The quantitative estimate of drug-likeness (QED) is 0.707. The highest BCUT2D eigenvalue weighted by Gasteiger charge is 2.30. The third-order valence-electron chi connectivity index (χ3n) is 2.43. The van der Waals surface area contributed by atoms with Crippen LogP contribution < -0.4 is 0 Å². The second kappa shape index (κ2) is 6.44. The summed E-state index contributed by atoms with van der Waals surface area (Å²) in [5.41, 5.74) is -0.949. The van der Waals surface area contributed by atoms with Crippen molar-refractivity contribution >= 4 is 31.9 Å². The van der Waals surface area contributed by atoms with Crippen LogP contribution in [-0.2, 0) is 0 Å². The first kappa shape index (κ1) is 16.1. The predicted molar refractivity (Wildman–Crippen MR) is 69.7 cm³/mol. The van der Waals surface area contributed by atoms with Crippen LogP contribution in [0.15, 0.2) is 8.95 Å². The first-order valence-corrected chi connectivity index (χ1v) is 6.47. The fourth-order valence-electron chi connectivity index (χ4n) is 1.49. The molecule has 0 amide bonds. The molecular weight excluding hydrogens is 398 g/mol. The number of hydrogen-bond acceptors (Lipinski definition) is 4. The van der Waals surface area contributed by atoms with Gasteiger partial charge in [0.15, 0.2) is 11.8 Å². The molecule has 20 heavy (non-hydrogen) atoms. The number of hydrogen-bond donors (Lipinski definition) is 0. The monoisotopic (exact) mass is 398 g/mol. The second-order valence-electron chi connectivity index (χ2n) is 3.47. The van der Waals surface area contributed by atoms with Crippen LogP contribution in [-0.4, -0.2) is 0 Å². The molecule has 98 valence electrons. The minimum absolute atomic E-state index is 0.447.